The highest BCUT2D eigenvalue weighted by Crippen LogP contribution is 2.26. The van der Waals surface area contributed by atoms with Crippen molar-refractivity contribution < 1.29 is 18.7 Å². The van der Waals surface area contributed by atoms with Gasteiger partial charge in [-0.2, -0.15) is 0 Å². The lowest BCUT2D eigenvalue weighted by atomic mass is 10.2. The summed E-state index contributed by atoms with van der Waals surface area (Å²) < 4.78 is 15.3. The molecule has 0 amide bonds. The number of esters is 1. The smallest absolute Gasteiger partial charge is 0.305 e. The van der Waals surface area contributed by atoms with Crippen molar-refractivity contribution in [3.63, 3.8) is 0 Å². The summed E-state index contributed by atoms with van der Waals surface area (Å²) in [5, 5.41) is 0. The number of hydrogen-bond acceptors (Lipinski definition) is 6. The van der Waals surface area contributed by atoms with Crippen molar-refractivity contribution in [2.75, 3.05) is 14.2 Å². The topological polar surface area (TPSA) is 74.5 Å². The average molecular weight is 290 g/mol. The molecule has 0 N–H and O–H groups in total. The number of oxazole rings is 1. The zero-order chi connectivity index (χ0) is 15.1. The summed E-state index contributed by atoms with van der Waals surface area (Å²) in [6.45, 7) is 0. The minimum Gasteiger partial charge on any atom is -0.494 e. The minimum absolute atomic E-state index is 0.193. The summed E-state index contributed by atoms with van der Waals surface area (Å²) in [6, 6.07) is 3.63. The molecule has 0 bridgehead atoms. The van der Waals surface area contributed by atoms with E-state index in [0.717, 1.165) is 12.8 Å². The van der Waals surface area contributed by atoms with Gasteiger partial charge in [0.05, 0.1) is 14.2 Å². The lowest BCUT2D eigenvalue weighted by Gasteiger charge is -2.02. The van der Waals surface area contributed by atoms with Crippen molar-refractivity contribution in [3.05, 3.63) is 30.5 Å². The van der Waals surface area contributed by atoms with Crippen molar-refractivity contribution in [2.24, 2.45) is 0 Å². The van der Waals surface area contributed by atoms with Crippen molar-refractivity contribution in [1.82, 2.24) is 9.97 Å². The Balaban J connectivity index is 1.94. The molecule has 0 saturated heterocycles. The second kappa shape index (κ2) is 7.42. The predicted molar refractivity (Wildman–Crippen MR) is 75.9 cm³/mol. The first-order valence-corrected chi connectivity index (χ1v) is 6.75. The number of aromatic nitrogens is 2. The van der Waals surface area contributed by atoms with Crippen LogP contribution in [0.5, 0.6) is 5.75 Å². The molecular weight excluding hydrogens is 272 g/mol. The second-order valence-electron chi connectivity index (χ2n) is 4.46. The van der Waals surface area contributed by atoms with Crippen LogP contribution in [0.25, 0.3) is 11.4 Å². The van der Waals surface area contributed by atoms with Crippen LogP contribution in [0.2, 0.25) is 0 Å². The van der Waals surface area contributed by atoms with Crippen LogP contribution in [0.1, 0.15) is 25.2 Å². The Morgan fingerprint density at radius 1 is 1.33 bits per heavy atom. The van der Waals surface area contributed by atoms with E-state index in [1.165, 1.54) is 7.11 Å². The normalized spacial score (nSPS) is 10.4. The third-order valence-corrected chi connectivity index (χ3v) is 3.03. The van der Waals surface area contributed by atoms with Crippen LogP contribution in [0, 0.1) is 0 Å². The molecule has 0 aromatic carbocycles. The number of carbonyl (C=O) groups is 1. The highest BCUT2D eigenvalue weighted by molar-refractivity contribution is 5.69. The molecule has 2 aromatic rings. The van der Waals surface area contributed by atoms with Crippen LogP contribution >= 0.6 is 0 Å². The Hall–Kier alpha value is -2.37. The van der Waals surface area contributed by atoms with Crippen LogP contribution in [0.3, 0.4) is 0 Å². The zero-order valence-corrected chi connectivity index (χ0v) is 12.2. The van der Waals surface area contributed by atoms with Crippen LogP contribution in [-0.2, 0) is 16.0 Å². The van der Waals surface area contributed by atoms with Gasteiger partial charge in [0.15, 0.2) is 5.89 Å². The molecule has 2 aromatic heterocycles. The third-order valence-electron chi connectivity index (χ3n) is 3.03. The van der Waals surface area contributed by atoms with Gasteiger partial charge in [0, 0.05) is 19.0 Å². The maximum Gasteiger partial charge on any atom is 0.305 e. The van der Waals surface area contributed by atoms with E-state index in [-0.39, 0.29) is 5.97 Å². The molecule has 2 rings (SSSR count). The average Bonchev–Trinajstić information content (AvgIpc) is 3.00. The number of carbonyl (C=O) groups excluding carboxylic acids is 1. The van der Waals surface area contributed by atoms with Gasteiger partial charge in [0.2, 0.25) is 0 Å². The second-order valence-corrected chi connectivity index (χ2v) is 4.46. The summed E-state index contributed by atoms with van der Waals surface area (Å²) >= 11 is 0. The van der Waals surface area contributed by atoms with Gasteiger partial charge in [-0.3, -0.25) is 9.78 Å². The molecule has 0 saturated carbocycles. The van der Waals surface area contributed by atoms with E-state index in [9.17, 15) is 4.79 Å². The SMILES string of the molecule is COC(=O)CCCCc1nc(-c2ncccc2OC)co1. The maximum atomic E-state index is 11.0. The van der Waals surface area contributed by atoms with Crippen molar-refractivity contribution in [2.45, 2.75) is 25.7 Å². The molecular formula is C15H18N2O4. The molecule has 0 aliphatic carbocycles. The first-order chi connectivity index (χ1) is 10.2. The van der Waals surface area contributed by atoms with E-state index in [1.807, 2.05) is 6.07 Å². The van der Waals surface area contributed by atoms with E-state index < -0.39 is 0 Å². The Kier molecular flexibility index (Phi) is 5.31. The first kappa shape index (κ1) is 15.0. The molecule has 2 heterocycles. The number of hydrogen-bond donors (Lipinski definition) is 0. The lowest BCUT2D eigenvalue weighted by molar-refractivity contribution is -0.140. The number of aryl methyl sites for hydroxylation is 1. The summed E-state index contributed by atoms with van der Waals surface area (Å²) in [6.07, 6.45) is 5.90. The Morgan fingerprint density at radius 3 is 2.95 bits per heavy atom. The van der Waals surface area contributed by atoms with Gasteiger partial charge in [0.25, 0.3) is 0 Å². The molecule has 21 heavy (non-hydrogen) atoms. The molecule has 0 spiro atoms. The summed E-state index contributed by atoms with van der Waals surface area (Å²) in [4.78, 5) is 19.7. The lowest BCUT2D eigenvalue weighted by Crippen LogP contribution is -1.99. The quantitative estimate of drug-likeness (QED) is 0.576. The number of methoxy groups -OCH3 is 2. The molecule has 0 radical (unpaired) electrons. The Labute approximate surface area is 123 Å². The maximum absolute atomic E-state index is 11.0. The summed E-state index contributed by atoms with van der Waals surface area (Å²) in [7, 11) is 2.98. The van der Waals surface area contributed by atoms with E-state index >= 15 is 0 Å². The van der Waals surface area contributed by atoms with Crippen LogP contribution < -0.4 is 4.74 Å². The highest BCUT2D eigenvalue weighted by atomic mass is 16.5. The standard InChI is InChI=1S/C15H18N2O4/c1-19-12-6-5-9-16-15(12)11-10-21-13(17-11)7-3-4-8-14(18)20-2/h5-6,9-10H,3-4,7-8H2,1-2H3. The van der Waals surface area contributed by atoms with Crippen molar-refractivity contribution in [1.29, 1.82) is 0 Å². The fourth-order valence-corrected chi connectivity index (χ4v) is 1.93. The van der Waals surface area contributed by atoms with Gasteiger partial charge in [-0.1, -0.05) is 0 Å². The molecule has 0 aliphatic heterocycles. The molecule has 6 nitrogen and oxygen atoms in total. The van der Waals surface area contributed by atoms with Gasteiger partial charge in [-0.15, -0.1) is 0 Å². The number of unbranched alkanes of at least 4 members (excludes halogenated alkanes) is 1. The summed E-state index contributed by atoms with van der Waals surface area (Å²) in [5.41, 5.74) is 1.31. The van der Waals surface area contributed by atoms with Crippen molar-refractivity contribution >= 4 is 5.97 Å². The van der Waals surface area contributed by atoms with Crippen LogP contribution in [0.15, 0.2) is 29.0 Å². The molecule has 0 atom stereocenters. The predicted octanol–water partition coefficient (Wildman–Crippen LogP) is 2.63. The number of rotatable bonds is 7. The molecule has 0 unspecified atom stereocenters. The molecule has 0 fully saturated rings. The van der Waals surface area contributed by atoms with Gasteiger partial charge in [-0.05, 0) is 25.0 Å². The van der Waals surface area contributed by atoms with E-state index in [0.29, 0.717) is 35.9 Å². The zero-order valence-electron chi connectivity index (χ0n) is 12.2. The first-order valence-electron chi connectivity index (χ1n) is 6.75. The van der Waals surface area contributed by atoms with Gasteiger partial charge < -0.3 is 13.9 Å². The number of ether oxygens (including phenoxy) is 2. The van der Waals surface area contributed by atoms with Gasteiger partial charge in [0.1, 0.15) is 23.4 Å². The Morgan fingerprint density at radius 2 is 2.19 bits per heavy atom. The highest BCUT2D eigenvalue weighted by Gasteiger charge is 2.12. The van der Waals surface area contributed by atoms with E-state index in [4.69, 9.17) is 9.15 Å². The minimum atomic E-state index is -0.193. The largest absolute Gasteiger partial charge is 0.494 e. The summed E-state index contributed by atoms with van der Waals surface area (Å²) in [5.74, 6) is 1.09. The van der Waals surface area contributed by atoms with E-state index in [1.54, 1.807) is 25.6 Å². The monoisotopic (exact) mass is 290 g/mol. The number of pyridine rings is 1. The molecule has 0 aliphatic rings. The van der Waals surface area contributed by atoms with Crippen molar-refractivity contribution in [3.8, 4) is 17.1 Å². The number of nitrogens with zero attached hydrogens (tertiary/aromatic N) is 2. The molecule has 6 heteroatoms. The van der Waals surface area contributed by atoms with Gasteiger partial charge in [-0.25, -0.2) is 4.98 Å². The van der Waals surface area contributed by atoms with Gasteiger partial charge >= 0.3 is 5.97 Å². The fraction of sp³-hybridized carbons (Fsp3) is 0.400. The van der Waals surface area contributed by atoms with Crippen LogP contribution in [-0.4, -0.2) is 30.2 Å². The Bertz CT molecular complexity index is 595. The molecule has 112 valence electrons. The van der Waals surface area contributed by atoms with E-state index in [2.05, 4.69) is 14.7 Å². The third kappa shape index (κ3) is 4.05. The van der Waals surface area contributed by atoms with Crippen LogP contribution in [0.4, 0.5) is 0 Å². The fourth-order valence-electron chi connectivity index (χ4n) is 1.93.